The van der Waals surface area contributed by atoms with Crippen LogP contribution in [-0.4, -0.2) is 0 Å². The van der Waals surface area contributed by atoms with E-state index in [1.54, 1.807) is 0 Å². The molecule has 4 heteroatoms. The Balaban J connectivity index is 2.15. The quantitative estimate of drug-likeness (QED) is 0.529. The molecule has 0 saturated heterocycles. The van der Waals surface area contributed by atoms with Crippen molar-refractivity contribution in [2.45, 2.75) is 0 Å². The molecule has 0 saturated carbocycles. The first-order valence-corrected chi connectivity index (χ1v) is 6.29. The van der Waals surface area contributed by atoms with Crippen LogP contribution in [0, 0.1) is 0 Å². The van der Waals surface area contributed by atoms with Crippen LogP contribution in [-0.2, 0) is 0 Å². The number of nitrogens with two attached hydrogens (primary N) is 2. The average molecular weight is 262 g/mol. The van der Waals surface area contributed by atoms with Gasteiger partial charge in [-0.25, -0.2) is 0 Å². The van der Waals surface area contributed by atoms with E-state index < -0.39 is 0 Å². The Labute approximate surface area is 116 Å². The van der Waals surface area contributed by atoms with Crippen LogP contribution in [0.1, 0.15) is 0 Å². The van der Waals surface area contributed by atoms with E-state index in [-0.39, 0.29) is 0 Å². The molecular formula is C16H14N4. The Bertz CT molecular complexity index is 779. The van der Waals surface area contributed by atoms with Crippen molar-refractivity contribution in [3.05, 3.63) is 60.7 Å². The fourth-order valence-corrected chi connectivity index (χ4v) is 2.08. The third-order valence-electron chi connectivity index (χ3n) is 3.11. The number of nitrogens with zero attached hydrogens (tertiary/aromatic N) is 2. The number of nitrogen functional groups attached to an aromatic ring is 2. The molecule has 20 heavy (non-hydrogen) atoms. The van der Waals surface area contributed by atoms with E-state index in [1.807, 2.05) is 60.7 Å². The Morgan fingerprint density at radius 1 is 0.750 bits per heavy atom. The highest BCUT2D eigenvalue weighted by molar-refractivity contribution is 6.02. The summed E-state index contributed by atoms with van der Waals surface area (Å²) >= 11 is 0. The second-order valence-electron chi connectivity index (χ2n) is 4.48. The van der Waals surface area contributed by atoms with Gasteiger partial charge in [0, 0.05) is 5.39 Å². The summed E-state index contributed by atoms with van der Waals surface area (Å²) in [7, 11) is 0. The average Bonchev–Trinajstić information content (AvgIpc) is 2.49. The van der Waals surface area contributed by atoms with Gasteiger partial charge in [-0.15, -0.1) is 5.11 Å². The fraction of sp³-hybridized carbons (Fsp3) is 0. The molecule has 0 unspecified atom stereocenters. The molecule has 3 aromatic rings. The van der Waals surface area contributed by atoms with Gasteiger partial charge in [-0.05, 0) is 23.6 Å². The Kier molecular flexibility index (Phi) is 3.05. The van der Waals surface area contributed by atoms with Crippen LogP contribution < -0.4 is 11.5 Å². The number of hydrogen-bond donors (Lipinski definition) is 2. The van der Waals surface area contributed by atoms with Crippen LogP contribution >= 0.6 is 0 Å². The highest BCUT2D eigenvalue weighted by atomic mass is 15.1. The van der Waals surface area contributed by atoms with Crippen LogP contribution in [0.5, 0.6) is 0 Å². The molecule has 0 fully saturated rings. The van der Waals surface area contributed by atoms with Crippen molar-refractivity contribution in [2.75, 3.05) is 11.5 Å². The molecule has 0 radical (unpaired) electrons. The van der Waals surface area contributed by atoms with Crippen LogP contribution in [0.25, 0.3) is 10.8 Å². The molecule has 3 aromatic carbocycles. The zero-order valence-electron chi connectivity index (χ0n) is 10.8. The van der Waals surface area contributed by atoms with Gasteiger partial charge < -0.3 is 11.5 Å². The fourth-order valence-electron chi connectivity index (χ4n) is 2.08. The maximum absolute atomic E-state index is 6.03. The van der Waals surface area contributed by atoms with Crippen molar-refractivity contribution < 1.29 is 0 Å². The second-order valence-corrected chi connectivity index (χ2v) is 4.48. The zero-order chi connectivity index (χ0) is 13.9. The van der Waals surface area contributed by atoms with Crippen molar-refractivity contribution in [3.63, 3.8) is 0 Å². The third-order valence-corrected chi connectivity index (χ3v) is 3.11. The van der Waals surface area contributed by atoms with Crippen molar-refractivity contribution in [1.82, 2.24) is 0 Å². The largest absolute Gasteiger partial charge is 0.397 e. The van der Waals surface area contributed by atoms with Crippen molar-refractivity contribution in [3.8, 4) is 0 Å². The minimum atomic E-state index is 0.461. The molecule has 0 atom stereocenters. The van der Waals surface area contributed by atoms with E-state index in [0.29, 0.717) is 17.1 Å². The van der Waals surface area contributed by atoms with Gasteiger partial charge in [0.25, 0.3) is 0 Å². The van der Waals surface area contributed by atoms with E-state index in [2.05, 4.69) is 10.2 Å². The minimum Gasteiger partial charge on any atom is -0.397 e. The Morgan fingerprint density at radius 3 is 2.25 bits per heavy atom. The summed E-state index contributed by atoms with van der Waals surface area (Å²) < 4.78 is 0. The summed E-state index contributed by atoms with van der Waals surface area (Å²) in [5.41, 5.74) is 14.3. The molecular weight excluding hydrogens is 248 g/mol. The number of anilines is 2. The predicted molar refractivity (Wildman–Crippen MR) is 83.4 cm³/mol. The highest BCUT2D eigenvalue weighted by Crippen LogP contribution is 2.37. The number of benzene rings is 3. The molecule has 0 aromatic heterocycles. The number of azo groups is 1. The van der Waals surface area contributed by atoms with Crippen LogP contribution in [0.2, 0.25) is 0 Å². The summed E-state index contributed by atoms with van der Waals surface area (Å²) in [6.45, 7) is 0. The number of rotatable bonds is 2. The zero-order valence-corrected chi connectivity index (χ0v) is 10.8. The maximum atomic E-state index is 6.03. The number of fused-ring (bicyclic) bond motifs is 1. The molecule has 3 rings (SSSR count). The van der Waals surface area contributed by atoms with Gasteiger partial charge in [0.05, 0.1) is 17.1 Å². The molecule has 0 spiro atoms. The normalized spacial score (nSPS) is 11.2. The molecule has 0 aliphatic heterocycles. The number of hydrogen-bond acceptors (Lipinski definition) is 4. The summed E-state index contributed by atoms with van der Waals surface area (Å²) in [5, 5.41) is 10.4. The molecule has 0 amide bonds. The van der Waals surface area contributed by atoms with E-state index in [9.17, 15) is 0 Å². The molecule has 0 aliphatic rings. The van der Waals surface area contributed by atoms with Crippen molar-refractivity contribution in [1.29, 1.82) is 0 Å². The van der Waals surface area contributed by atoms with Crippen molar-refractivity contribution >= 4 is 33.5 Å². The predicted octanol–water partition coefficient (Wildman–Crippen LogP) is 4.42. The van der Waals surface area contributed by atoms with Crippen LogP contribution in [0.15, 0.2) is 70.9 Å². The minimum absolute atomic E-state index is 0.461. The monoisotopic (exact) mass is 262 g/mol. The lowest BCUT2D eigenvalue weighted by molar-refractivity contribution is 1.24. The molecule has 0 aliphatic carbocycles. The SMILES string of the molecule is Nc1cc2ccccc2c(N=Nc2ccccc2)c1N. The van der Waals surface area contributed by atoms with Gasteiger partial charge >= 0.3 is 0 Å². The lowest BCUT2D eigenvalue weighted by Gasteiger charge is -2.07. The highest BCUT2D eigenvalue weighted by Gasteiger charge is 2.08. The molecule has 98 valence electrons. The van der Waals surface area contributed by atoms with E-state index in [1.165, 1.54) is 0 Å². The standard InChI is InChI=1S/C16H14N4/c17-14-10-11-6-4-5-9-13(11)16(15(14)18)20-19-12-7-2-1-3-8-12/h1-10H,17-18H2. The smallest absolute Gasteiger partial charge is 0.118 e. The molecule has 0 heterocycles. The van der Waals surface area contributed by atoms with Crippen molar-refractivity contribution in [2.24, 2.45) is 10.2 Å². The Hall–Kier alpha value is -2.88. The van der Waals surface area contributed by atoms with Crippen LogP contribution in [0.4, 0.5) is 22.7 Å². The van der Waals surface area contributed by atoms with E-state index >= 15 is 0 Å². The lowest BCUT2D eigenvalue weighted by atomic mass is 10.1. The van der Waals surface area contributed by atoms with Gasteiger partial charge in [0.2, 0.25) is 0 Å². The van der Waals surface area contributed by atoms with Crippen LogP contribution in [0.3, 0.4) is 0 Å². The van der Waals surface area contributed by atoms with Gasteiger partial charge in [-0.1, -0.05) is 42.5 Å². The molecule has 0 bridgehead atoms. The van der Waals surface area contributed by atoms with Gasteiger partial charge in [0.15, 0.2) is 0 Å². The maximum Gasteiger partial charge on any atom is 0.118 e. The van der Waals surface area contributed by atoms with E-state index in [4.69, 9.17) is 11.5 Å². The summed E-state index contributed by atoms with van der Waals surface area (Å²) in [5.74, 6) is 0. The van der Waals surface area contributed by atoms with Gasteiger partial charge in [-0.3, -0.25) is 0 Å². The first-order valence-electron chi connectivity index (χ1n) is 6.29. The van der Waals surface area contributed by atoms with Gasteiger partial charge in [-0.2, -0.15) is 5.11 Å². The first kappa shape index (κ1) is 12.2. The first-order chi connectivity index (χ1) is 9.75. The van der Waals surface area contributed by atoms with Gasteiger partial charge in [0.1, 0.15) is 5.69 Å². The summed E-state index contributed by atoms with van der Waals surface area (Å²) in [4.78, 5) is 0. The third kappa shape index (κ3) is 2.19. The van der Waals surface area contributed by atoms with E-state index in [0.717, 1.165) is 16.5 Å². The Morgan fingerprint density at radius 2 is 1.45 bits per heavy atom. The second kappa shape index (κ2) is 5.01. The summed E-state index contributed by atoms with van der Waals surface area (Å²) in [6.07, 6.45) is 0. The molecule has 4 N–H and O–H groups in total. The topological polar surface area (TPSA) is 76.8 Å². The summed E-state index contributed by atoms with van der Waals surface area (Å²) in [6, 6.07) is 19.2. The molecule has 4 nitrogen and oxygen atoms in total. The lowest BCUT2D eigenvalue weighted by Crippen LogP contribution is -1.95.